The minimum Gasteiger partial charge on any atom is -0.459 e. The van der Waals surface area contributed by atoms with Crippen LogP contribution in [0.4, 0.5) is 0 Å². The molecule has 0 aromatic carbocycles. The maximum atomic E-state index is 12.9. The average Bonchev–Trinajstić information content (AvgIpc) is 3.49. The number of carbonyl (C=O) groups is 1. The number of nitrogens with zero attached hydrogens (tertiary/aromatic N) is 2. The van der Waals surface area contributed by atoms with Crippen LogP contribution in [0.25, 0.3) is 0 Å². The van der Waals surface area contributed by atoms with Crippen LogP contribution in [0.1, 0.15) is 75.8 Å². The molecule has 32 heavy (non-hydrogen) atoms. The van der Waals surface area contributed by atoms with Gasteiger partial charge in [-0.05, 0) is 112 Å². The Balaban J connectivity index is 1.23. The van der Waals surface area contributed by atoms with E-state index in [1.165, 1.54) is 45.1 Å². The van der Waals surface area contributed by atoms with Gasteiger partial charge in [-0.1, -0.05) is 18.6 Å². The summed E-state index contributed by atoms with van der Waals surface area (Å²) < 4.78 is 5.38. The first-order chi connectivity index (χ1) is 15.3. The molecule has 1 unspecified atom stereocenters. The Labute approximate surface area is 193 Å². The predicted octanol–water partition coefficient (Wildman–Crippen LogP) is 5.61. The number of rotatable bonds is 2. The number of amides is 1. The van der Waals surface area contributed by atoms with Crippen LogP contribution in [0, 0.1) is 34.5 Å². The summed E-state index contributed by atoms with van der Waals surface area (Å²) in [5.41, 5.74) is 2.59. The normalized spacial score (nSPS) is 45.4. The summed E-state index contributed by atoms with van der Waals surface area (Å²) in [4.78, 5) is 17.5. The number of likely N-dealkylation sites (tertiary alicyclic amines) is 1. The van der Waals surface area contributed by atoms with Crippen molar-refractivity contribution >= 4 is 5.91 Å². The third-order valence-corrected chi connectivity index (χ3v) is 11.3. The van der Waals surface area contributed by atoms with Crippen LogP contribution in [-0.2, 0) is 0 Å². The highest BCUT2D eigenvalue weighted by Crippen LogP contribution is 2.68. The lowest BCUT2D eigenvalue weighted by molar-refractivity contribution is -0.0431. The Morgan fingerprint density at radius 1 is 1.16 bits per heavy atom. The number of hydrogen-bond donors (Lipinski definition) is 0. The highest BCUT2D eigenvalue weighted by molar-refractivity contribution is 5.91. The van der Waals surface area contributed by atoms with E-state index in [9.17, 15) is 4.79 Å². The van der Waals surface area contributed by atoms with Gasteiger partial charge >= 0.3 is 0 Å². The van der Waals surface area contributed by atoms with Gasteiger partial charge in [0.05, 0.1) is 6.26 Å². The molecule has 174 valence electrons. The van der Waals surface area contributed by atoms with Crippen molar-refractivity contribution in [3.8, 4) is 0 Å². The molecule has 8 atom stereocenters. The van der Waals surface area contributed by atoms with Crippen LogP contribution in [0.5, 0.6) is 0 Å². The summed E-state index contributed by atoms with van der Waals surface area (Å²) in [6, 6.07) is 4.64. The topological polar surface area (TPSA) is 36.7 Å². The molecule has 4 aliphatic carbocycles. The second kappa shape index (κ2) is 7.22. The Morgan fingerprint density at radius 2 is 1.97 bits per heavy atom. The van der Waals surface area contributed by atoms with E-state index in [1.807, 2.05) is 11.9 Å². The molecule has 1 aliphatic heterocycles. The van der Waals surface area contributed by atoms with Gasteiger partial charge in [0.25, 0.3) is 5.91 Å². The lowest BCUT2D eigenvalue weighted by Crippen LogP contribution is -2.53. The molecule has 5 aliphatic rings. The number of furan rings is 1. The summed E-state index contributed by atoms with van der Waals surface area (Å²) in [6.07, 6.45) is 14.6. The molecule has 0 radical (unpaired) electrons. The Bertz CT molecular complexity index is 922. The maximum Gasteiger partial charge on any atom is 0.289 e. The van der Waals surface area contributed by atoms with Crippen molar-refractivity contribution in [2.45, 2.75) is 77.3 Å². The molecule has 1 amide bonds. The quantitative estimate of drug-likeness (QED) is 0.565. The molecule has 2 heterocycles. The predicted molar refractivity (Wildman–Crippen MR) is 126 cm³/mol. The Hall–Kier alpha value is -1.55. The fourth-order valence-corrected chi connectivity index (χ4v) is 9.51. The van der Waals surface area contributed by atoms with Crippen LogP contribution in [-0.4, -0.2) is 48.4 Å². The van der Waals surface area contributed by atoms with Crippen LogP contribution < -0.4 is 0 Å². The van der Waals surface area contributed by atoms with Crippen LogP contribution in [0.3, 0.4) is 0 Å². The van der Waals surface area contributed by atoms with Gasteiger partial charge < -0.3 is 14.2 Å². The lowest BCUT2D eigenvalue weighted by atomic mass is 9.47. The molecule has 0 N–H and O–H groups in total. The van der Waals surface area contributed by atoms with Gasteiger partial charge in [0, 0.05) is 25.7 Å². The van der Waals surface area contributed by atoms with E-state index in [0.717, 1.165) is 42.6 Å². The summed E-state index contributed by atoms with van der Waals surface area (Å²) >= 11 is 0. The molecule has 1 aromatic heterocycles. The SMILES string of the molecule is C[C@H]1[C@H]2CC[C@H]3[C@@H]4CC=C5C[C@@H](N(C)C(=O)c6ccco6)CC[C@]5(C)C4CC[C@]23CN1C. The van der Waals surface area contributed by atoms with Gasteiger partial charge in [-0.2, -0.15) is 0 Å². The smallest absolute Gasteiger partial charge is 0.289 e. The third-order valence-electron chi connectivity index (χ3n) is 11.3. The lowest BCUT2D eigenvalue weighted by Gasteiger charge is -2.58. The third kappa shape index (κ3) is 2.74. The second-order valence-corrected chi connectivity index (χ2v) is 12.2. The standard InChI is InChI=1S/C28H40N2O2/c1-18-22-9-10-24-21-8-7-19-16-20(30(4)26(31)25-6-5-15-32-25)11-13-27(19,2)23(21)12-14-28(22,24)17-29(18)3/h5-7,15,18,20-24H,8-14,16-17H2,1-4H3/t18-,20-,21+,22+,23?,24-,27-,28-/m0/s1. The monoisotopic (exact) mass is 436 g/mol. The average molecular weight is 437 g/mol. The molecule has 4 heteroatoms. The molecule has 4 nitrogen and oxygen atoms in total. The molecule has 0 bridgehead atoms. The molecule has 6 rings (SSSR count). The van der Waals surface area contributed by atoms with Crippen molar-refractivity contribution in [3.63, 3.8) is 0 Å². The second-order valence-electron chi connectivity index (χ2n) is 12.2. The number of fused-ring (bicyclic) bond motifs is 4. The van der Waals surface area contributed by atoms with Crippen molar-refractivity contribution in [2.24, 2.45) is 34.5 Å². The number of hydrogen-bond acceptors (Lipinski definition) is 3. The molecule has 1 spiro atoms. The number of allylic oxidation sites excluding steroid dienone is 1. The summed E-state index contributed by atoms with van der Waals surface area (Å²) in [5.74, 6) is 4.05. The highest BCUT2D eigenvalue weighted by Gasteiger charge is 2.64. The molecule has 4 fully saturated rings. The highest BCUT2D eigenvalue weighted by atomic mass is 16.3. The first kappa shape index (κ1) is 21.0. The van der Waals surface area contributed by atoms with Crippen molar-refractivity contribution in [3.05, 3.63) is 35.8 Å². The van der Waals surface area contributed by atoms with E-state index < -0.39 is 0 Å². The summed E-state index contributed by atoms with van der Waals surface area (Å²) in [7, 11) is 4.33. The van der Waals surface area contributed by atoms with Crippen LogP contribution in [0.2, 0.25) is 0 Å². The fourth-order valence-electron chi connectivity index (χ4n) is 9.51. The minimum absolute atomic E-state index is 0.0222. The van der Waals surface area contributed by atoms with Crippen LogP contribution in [0.15, 0.2) is 34.5 Å². The van der Waals surface area contributed by atoms with E-state index in [2.05, 4.69) is 31.9 Å². The van der Waals surface area contributed by atoms with Gasteiger partial charge in [0.2, 0.25) is 0 Å². The van der Waals surface area contributed by atoms with E-state index in [0.29, 0.717) is 22.6 Å². The fraction of sp³-hybridized carbons (Fsp3) is 0.750. The van der Waals surface area contributed by atoms with E-state index >= 15 is 0 Å². The van der Waals surface area contributed by atoms with Gasteiger partial charge in [0.1, 0.15) is 0 Å². The van der Waals surface area contributed by atoms with Gasteiger partial charge in [-0.15, -0.1) is 0 Å². The van der Waals surface area contributed by atoms with Crippen LogP contribution >= 0.6 is 0 Å². The minimum atomic E-state index is 0.0222. The van der Waals surface area contributed by atoms with E-state index in [4.69, 9.17) is 4.42 Å². The molecular formula is C28H40N2O2. The van der Waals surface area contributed by atoms with E-state index in [1.54, 1.807) is 24.0 Å². The zero-order chi connectivity index (χ0) is 22.3. The van der Waals surface area contributed by atoms with E-state index in [-0.39, 0.29) is 5.91 Å². The summed E-state index contributed by atoms with van der Waals surface area (Å²) in [5, 5.41) is 0. The number of carbonyl (C=O) groups excluding carboxylic acids is 1. The Morgan fingerprint density at radius 3 is 2.75 bits per heavy atom. The molecule has 1 aromatic rings. The molecule has 1 saturated heterocycles. The molecular weight excluding hydrogens is 396 g/mol. The summed E-state index contributed by atoms with van der Waals surface area (Å²) in [6.45, 7) is 6.39. The first-order valence-electron chi connectivity index (χ1n) is 13.1. The molecule has 3 saturated carbocycles. The van der Waals surface area contributed by atoms with Crippen molar-refractivity contribution in [1.82, 2.24) is 9.80 Å². The van der Waals surface area contributed by atoms with Crippen molar-refractivity contribution < 1.29 is 9.21 Å². The zero-order valence-electron chi connectivity index (χ0n) is 20.3. The van der Waals surface area contributed by atoms with Gasteiger partial charge in [0.15, 0.2) is 5.76 Å². The largest absolute Gasteiger partial charge is 0.459 e. The maximum absolute atomic E-state index is 12.9. The Kier molecular flexibility index (Phi) is 4.74. The van der Waals surface area contributed by atoms with Crippen molar-refractivity contribution in [2.75, 3.05) is 20.6 Å². The first-order valence-corrected chi connectivity index (χ1v) is 13.1. The van der Waals surface area contributed by atoms with Gasteiger partial charge in [-0.25, -0.2) is 0 Å². The van der Waals surface area contributed by atoms with Crippen molar-refractivity contribution in [1.29, 1.82) is 0 Å². The zero-order valence-corrected chi connectivity index (χ0v) is 20.3. The van der Waals surface area contributed by atoms with Gasteiger partial charge in [-0.3, -0.25) is 4.79 Å².